The van der Waals surface area contributed by atoms with Gasteiger partial charge in [-0.15, -0.1) is 0 Å². The minimum Gasteiger partial charge on any atom is -0.508 e. The molecule has 0 aliphatic rings. The number of thiazole rings is 1. The lowest BCUT2D eigenvalue weighted by atomic mass is 10.2. The Morgan fingerprint density at radius 1 is 1.27 bits per heavy atom. The van der Waals surface area contributed by atoms with Gasteiger partial charge < -0.3 is 10.4 Å². The van der Waals surface area contributed by atoms with Gasteiger partial charge in [-0.1, -0.05) is 41.1 Å². The molecule has 4 rings (SSSR count). The first-order chi connectivity index (χ1) is 12.6. The Morgan fingerprint density at radius 2 is 2.15 bits per heavy atom. The smallest absolute Gasteiger partial charge is 0.280 e. The average Bonchev–Trinajstić information content (AvgIpc) is 3.23. The highest BCUT2D eigenvalue weighted by atomic mass is 35.5. The number of carbonyl (C=O) groups is 1. The lowest BCUT2D eigenvalue weighted by Gasteiger charge is -2.03. The van der Waals surface area contributed by atoms with Crippen LogP contribution in [0.3, 0.4) is 0 Å². The minimum absolute atomic E-state index is 0.157. The molecular weight excluding hydrogens is 372 g/mol. The third kappa shape index (κ3) is 3.14. The van der Waals surface area contributed by atoms with E-state index in [0.717, 1.165) is 28.0 Å². The number of phenols is 1. The molecule has 0 radical (unpaired) electrons. The monoisotopic (exact) mass is 384 g/mol. The number of pyridine rings is 1. The number of phenolic OH excluding ortho intramolecular Hbond substituents is 1. The van der Waals surface area contributed by atoms with Gasteiger partial charge in [0, 0.05) is 18.3 Å². The molecule has 130 valence electrons. The Morgan fingerprint density at radius 3 is 3.00 bits per heavy atom. The van der Waals surface area contributed by atoms with E-state index in [1.807, 2.05) is 30.5 Å². The molecule has 26 heavy (non-hydrogen) atoms. The van der Waals surface area contributed by atoms with Gasteiger partial charge >= 0.3 is 0 Å². The molecule has 1 aromatic carbocycles. The van der Waals surface area contributed by atoms with Crippen LogP contribution in [-0.4, -0.2) is 25.6 Å². The Kier molecular flexibility index (Phi) is 4.32. The summed E-state index contributed by atoms with van der Waals surface area (Å²) in [6.07, 6.45) is 3.52. The first-order valence-corrected chi connectivity index (χ1v) is 8.96. The second kappa shape index (κ2) is 6.78. The summed E-state index contributed by atoms with van der Waals surface area (Å²) in [7, 11) is 0. The number of nitrogens with one attached hydrogen (secondary N) is 1. The topological polar surface area (TPSA) is 79.5 Å². The SMILES string of the molecule is O=C(NCc1cccc(O)c1)c1nc(-c2cnn3ccccc23)c(Cl)s1. The molecule has 0 fully saturated rings. The van der Waals surface area contributed by atoms with Crippen molar-refractivity contribution in [3.05, 3.63) is 69.8 Å². The van der Waals surface area contributed by atoms with Crippen molar-refractivity contribution in [2.45, 2.75) is 6.54 Å². The lowest BCUT2D eigenvalue weighted by Crippen LogP contribution is -2.22. The normalized spacial score (nSPS) is 11.0. The van der Waals surface area contributed by atoms with Crippen LogP contribution < -0.4 is 5.32 Å². The zero-order valence-corrected chi connectivity index (χ0v) is 15.0. The van der Waals surface area contributed by atoms with Gasteiger partial charge in [0.2, 0.25) is 0 Å². The summed E-state index contributed by atoms with van der Waals surface area (Å²) in [5.74, 6) is -0.160. The fourth-order valence-corrected chi connectivity index (χ4v) is 3.69. The van der Waals surface area contributed by atoms with Crippen molar-refractivity contribution in [2.24, 2.45) is 0 Å². The third-order valence-corrected chi connectivity index (χ3v) is 5.08. The molecular formula is C18H13ClN4O2S. The van der Waals surface area contributed by atoms with Crippen LogP contribution in [0, 0.1) is 0 Å². The number of halogens is 1. The van der Waals surface area contributed by atoms with Gasteiger partial charge in [-0.05, 0) is 29.8 Å². The van der Waals surface area contributed by atoms with Gasteiger partial charge in [0.25, 0.3) is 5.91 Å². The van der Waals surface area contributed by atoms with Crippen molar-refractivity contribution < 1.29 is 9.90 Å². The van der Waals surface area contributed by atoms with Crippen LogP contribution in [0.1, 0.15) is 15.4 Å². The van der Waals surface area contributed by atoms with E-state index in [1.54, 1.807) is 28.9 Å². The van der Waals surface area contributed by atoms with Crippen molar-refractivity contribution in [1.29, 1.82) is 0 Å². The first kappa shape index (κ1) is 16.6. The van der Waals surface area contributed by atoms with E-state index in [-0.39, 0.29) is 23.2 Å². The predicted molar refractivity (Wildman–Crippen MR) is 101 cm³/mol. The summed E-state index contributed by atoms with van der Waals surface area (Å²) in [5, 5.41) is 16.8. The number of nitrogens with zero attached hydrogens (tertiary/aromatic N) is 3. The summed E-state index contributed by atoms with van der Waals surface area (Å²) in [4.78, 5) is 16.8. The molecule has 3 heterocycles. The van der Waals surface area contributed by atoms with E-state index in [4.69, 9.17) is 11.6 Å². The van der Waals surface area contributed by atoms with Crippen LogP contribution in [0.25, 0.3) is 16.8 Å². The van der Waals surface area contributed by atoms with Gasteiger partial charge in [0.15, 0.2) is 5.01 Å². The van der Waals surface area contributed by atoms with Gasteiger partial charge in [0.1, 0.15) is 15.8 Å². The molecule has 3 aromatic heterocycles. The van der Waals surface area contributed by atoms with Crippen LogP contribution in [0.2, 0.25) is 4.34 Å². The van der Waals surface area contributed by atoms with Gasteiger partial charge in [-0.25, -0.2) is 9.50 Å². The second-order valence-corrected chi connectivity index (χ2v) is 7.18. The van der Waals surface area contributed by atoms with Crippen molar-refractivity contribution in [2.75, 3.05) is 0 Å². The van der Waals surface area contributed by atoms with E-state index in [1.165, 1.54) is 0 Å². The van der Waals surface area contributed by atoms with Crippen LogP contribution in [0.15, 0.2) is 54.9 Å². The minimum atomic E-state index is -0.317. The zero-order valence-electron chi connectivity index (χ0n) is 13.4. The van der Waals surface area contributed by atoms with Gasteiger partial charge in [-0.2, -0.15) is 5.10 Å². The summed E-state index contributed by atoms with van der Waals surface area (Å²) in [5.41, 5.74) is 2.98. The molecule has 1 amide bonds. The highest BCUT2D eigenvalue weighted by molar-refractivity contribution is 7.18. The van der Waals surface area contributed by atoms with E-state index in [0.29, 0.717) is 10.0 Å². The molecule has 0 spiro atoms. The largest absolute Gasteiger partial charge is 0.508 e. The molecule has 6 nitrogen and oxygen atoms in total. The molecule has 0 saturated carbocycles. The van der Waals surface area contributed by atoms with Gasteiger partial charge in [0.05, 0.1) is 11.7 Å². The Labute approximate surface area is 157 Å². The molecule has 0 aliphatic heterocycles. The van der Waals surface area contributed by atoms with E-state index >= 15 is 0 Å². The number of carbonyl (C=O) groups excluding carboxylic acids is 1. The summed E-state index contributed by atoms with van der Waals surface area (Å²) < 4.78 is 2.17. The van der Waals surface area contributed by atoms with E-state index in [2.05, 4.69) is 15.4 Å². The van der Waals surface area contributed by atoms with Crippen molar-refractivity contribution in [3.63, 3.8) is 0 Å². The lowest BCUT2D eigenvalue weighted by molar-refractivity contribution is 0.0950. The molecule has 0 atom stereocenters. The number of benzene rings is 1. The number of hydrogen-bond donors (Lipinski definition) is 2. The molecule has 0 unspecified atom stereocenters. The molecule has 2 N–H and O–H groups in total. The van der Waals surface area contributed by atoms with Crippen molar-refractivity contribution in [1.82, 2.24) is 19.9 Å². The quantitative estimate of drug-likeness (QED) is 0.561. The second-order valence-electron chi connectivity index (χ2n) is 5.58. The fraction of sp³-hybridized carbons (Fsp3) is 0.0556. The van der Waals surface area contributed by atoms with Crippen LogP contribution in [-0.2, 0) is 6.54 Å². The van der Waals surface area contributed by atoms with Crippen molar-refractivity contribution >= 4 is 34.4 Å². The van der Waals surface area contributed by atoms with Crippen molar-refractivity contribution in [3.8, 4) is 17.0 Å². The predicted octanol–water partition coefficient (Wildman–Crippen LogP) is 3.75. The van der Waals surface area contributed by atoms with E-state index in [9.17, 15) is 9.90 Å². The highest BCUT2D eigenvalue weighted by Gasteiger charge is 2.19. The number of fused-ring (bicyclic) bond motifs is 1. The van der Waals surface area contributed by atoms with Gasteiger partial charge in [-0.3, -0.25) is 4.79 Å². The molecule has 8 heteroatoms. The summed E-state index contributed by atoms with van der Waals surface area (Å²) in [6, 6.07) is 12.4. The number of aromatic nitrogens is 3. The van der Waals surface area contributed by atoms with Crippen LogP contribution >= 0.6 is 22.9 Å². The van der Waals surface area contributed by atoms with Crippen LogP contribution in [0.4, 0.5) is 0 Å². The standard InChI is InChI=1S/C18H13ClN4O2S/c19-16-15(13-10-21-23-7-2-1-6-14(13)23)22-18(26-16)17(25)20-9-11-4-3-5-12(24)8-11/h1-8,10,24H,9H2,(H,20,25). The maximum Gasteiger partial charge on any atom is 0.280 e. The van der Waals surface area contributed by atoms with Crippen LogP contribution in [0.5, 0.6) is 5.75 Å². The molecule has 0 aliphatic carbocycles. The first-order valence-electron chi connectivity index (χ1n) is 7.77. The number of aromatic hydroxyl groups is 1. The number of amides is 1. The molecule has 4 aromatic rings. The maximum absolute atomic E-state index is 12.4. The Hall–Kier alpha value is -2.90. The fourth-order valence-electron chi connectivity index (χ4n) is 2.61. The Balaban J connectivity index is 1.57. The highest BCUT2D eigenvalue weighted by Crippen LogP contribution is 2.34. The third-order valence-electron chi connectivity index (χ3n) is 3.83. The summed E-state index contributed by atoms with van der Waals surface area (Å²) >= 11 is 7.45. The van der Waals surface area contributed by atoms with E-state index < -0.39 is 0 Å². The maximum atomic E-state index is 12.4. The molecule has 0 bridgehead atoms. The zero-order chi connectivity index (χ0) is 18.1. The summed E-state index contributed by atoms with van der Waals surface area (Å²) in [6.45, 7) is 0.288. The Bertz CT molecular complexity index is 1110. The number of hydrogen-bond acceptors (Lipinski definition) is 5. The number of rotatable bonds is 4. The average molecular weight is 385 g/mol. The molecule has 0 saturated heterocycles.